The molecule has 23 heavy (non-hydrogen) atoms. The quantitative estimate of drug-likeness (QED) is 0.770. The molecule has 6 heteroatoms. The Hall–Kier alpha value is -2.60. The van der Waals surface area contributed by atoms with Gasteiger partial charge in [0.2, 0.25) is 5.91 Å². The summed E-state index contributed by atoms with van der Waals surface area (Å²) in [5.41, 5.74) is 1.47. The molecule has 1 aromatic carbocycles. The second-order valence-electron chi connectivity index (χ2n) is 5.02. The Balaban J connectivity index is 1.80. The first kappa shape index (κ1) is 16.8. The van der Waals surface area contributed by atoms with Crippen LogP contribution in [0.2, 0.25) is 0 Å². The fourth-order valence-electron chi connectivity index (χ4n) is 2.08. The number of aliphatic hydroxyl groups excluding tert-OH is 1. The zero-order chi connectivity index (χ0) is 16.7. The zero-order valence-electron chi connectivity index (χ0n) is 12.5. The van der Waals surface area contributed by atoms with Gasteiger partial charge in [0.15, 0.2) is 5.78 Å². The van der Waals surface area contributed by atoms with Crippen LogP contribution in [0.15, 0.2) is 42.7 Å². The van der Waals surface area contributed by atoms with E-state index in [0.717, 1.165) is 0 Å². The maximum Gasteiger partial charge on any atom is 0.224 e. The minimum atomic E-state index is -0.392. The Morgan fingerprint density at radius 3 is 2.57 bits per heavy atom. The topological polar surface area (TPSA) is 79.3 Å². The molecule has 0 aliphatic heterocycles. The van der Waals surface area contributed by atoms with Gasteiger partial charge in [0.1, 0.15) is 5.82 Å². The van der Waals surface area contributed by atoms with Gasteiger partial charge >= 0.3 is 0 Å². The molecule has 1 heterocycles. The third kappa shape index (κ3) is 4.96. The number of nitrogens with zero attached hydrogens (tertiary/aromatic N) is 1. The molecule has 2 N–H and O–H groups in total. The summed E-state index contributed by atoms with van der Waals surface area (Å²) in [6, 6.07) is 6.95. The molecule has 1 amide bonds. The second kappa shape index (κ2) is 8.14. The molecule has 0 aliphatic carbocycles. The average molecular weight is 316 g/mol. The number of ketones is 1. The van der Waals surface area contributed by atoms with E-state index < -0.39 is 5.82 Å². The van der Waals surface area contributed by atoms with Crippen LogP contribution >= 0.6 is 0 Å². The Bertz CT molecular complexity index is 686. The highest BCUT2D eigenvalue weighted by molar-refractivity contribution is 5.96. The van der Waals surface area contributed by atoms with E-state index in [0.29, 0.717) is 23.2 Å². The lowest BCUT2D eigenvalue weighted by Gasteiger charge is -2.08. The molecule has 5 nitrogen and oxygen atoms in total. The molecule has 0 unspecified atom stereocenters. The van der Waals surface area contributed by atoms with Gasteiger partial charge in [-0.15, -0.1) is 0 Å². The van der Waals surface area contributed by atoms with Crippen molar-refractivity contribution in [2.75, 3.05) is 5.32 Å². The van der Waals surface area contributed by atoms with Crippen LogP contribution in [-0.2, 0) is 11.4 Å². The third-order valence-electron chi connectivity index (χ3n) is 3.33. The summed E-state index contributed by atoms with van der Waals surface area (Å²) in [6.45, 7) is -0.193. The van der Waals surface area contributed by atoms with Crippen molar-refractivity contribution in [3.8, 4) is 0 Å². The maximum atomic E-state index is 12.8. The number of anilines is 1. The maximum absolute atomic E-state index is 12.8. The van der Waals surface area contributed by atoms with Crippen molar-refractivity contribution in [2.45, 2.75) is 25.9 Å². The van der Waals surface area contributed by atoms with E-state index >= 15 is 0 Å². The SMILES string of the molecule is O=C(CCCC(=O)c1ccc(F)cc1)Nc1cnccc1CO. The Labute approximate surface area is 133 Å². The molecular weight excluding hydrogens is 299 g/mol. The Morgan fingerprint density at radius 2 is 1.87 bits per heavy atom. The average Bonchev–Trinajstić information content (AvgIpc) is 2.56. The summed E-state index contributed by atoms with van der Waals surface area (Å²) in [4.78, 5) is 27.7. The van der Waals surface area contributed by atoms with Crippen LogP contribution in [0.3, 0.4) is 0 Å². The van der Waals surface area contributed by atoms with E-state index in [4.69, 9.17) is 0 Å². The number of aromatic nitrogens is 1. The van der Waals surface area contributed by atoms with Gasteiger partial charge in [-0.05, 0) is 36.8 Å². The first-order chi connectivity index (χ1) is 11.1. The third-order valence-corrected chi connectivity index (χ3v) is 3.33. The number of hydrogen-bond donors (Lipinski definition) is 2. The zero-order valence-corrected chi connectivity index (χ0v) is 12.5. The summed E-state index contributed by atoms with van der Waals surface area (Å²) >= 11 is 0. The molecule has 0 saturated carbocycles. The second-order valence-corrected chi connectivity index (χ2v) is 5.02. The molecule has 0 bridgehead atoms. The van der Waals surface area contributed by atoms with Crippen molar-refractivity contribution in [3.63, 3.8) is 0 Å². The summed E-state index contributed by atoms with van der Waals surface area (Å²) < 4.78 is 12.8. The highest BCUT2D eigenvalue weighted by Crippen LogP contribution is 2.14. The molecule has 0 radical (unpaired) electrons. The van der Waals surface area contributed by atoms with Crippen LogP contribution < -0.4 is 5.32 Å². The van der Waals surface area contributed by atoms with Gasteiger partial charge in [0.25, 0.3) is 0 Å². The van der Waals surface area contributed by atoms with E-state index in [2.05, 4.69) is 10.3 Å². The number of aliphatic hydroxyl groups is 1. The number of nitrogens with one attached hydrogen (secondary N) is 1. The predicted octanol–water partition coefficient (Wildman–Crippen LogP) is 2.70. The van der Waals surface area contributed by atoms with E-state index in [-0.39, 0.29) is 31.1 Å². The van der Waals surface area contributed by atoms with E-state index in [9.17, 15) is 19.1 Å². The number of carbonyl (C=O) groups excluding carboxylic acids is 2. The standard InChI is InChI=1S/C17H17FN2O3/c18-14-6-4-12(5-7-14)16(22)2-1-3-17(23)20-15-10-19-9-8-13(15)11-21/h4-10,21H,1-3,11H2,(H,20,23). The van der Waals surface area contributed by atoms with Crippen molar-refractivity contribution in [2.24, 2.45) is 0 Å². The van der Waals surface area contributed by atoms with Crippen LogP contribution in [0.25, 0.3) is 0 Å². The normalized spacial score (nSPS) is 10.3. The number of hydrogen-bond acceptors (Lipinski definition) is 4. The lowest BCUT2D eigenvalue weighted by molar-refractivity contribution is -0.116. The fraction of sp³-hybridized carbons (Fsp3) is 0.235. The summed E-state index contributed by atoms with van der Waals surface area (Å²) in [7, 11) is 0. The number of amides is 1. The molecule has 2 aromatic rings. The van der Waals surface area contributed by atoms with E-state index in [1.165, 1.54) is 36.7 Å². The van der Waals surface area contributed by atoms with Crippen molar-refractivity contribution >= 4 is 17.4 Å². The van der Waals surface area contributed by atoms with Crippen LogP contribution in [0.1, 0.15) is 35.2 Å². The molecular formula is C17H17FN2O3. The van der Waals surface area contributed by atoms with E-state index in [1.807, 2.05) is 0 Å². The number of pyridine rings is 1. The highest BCUT2D eigenvalue weighted by Gasteiger charge is 2.09. The van der Waals surface area contributed by atoms with Crippen molar-refractivity contribution in [1.82, 2.24) is 4.98 Å². The van der Waals surface area contributed by atoms with Crippen LogP contribution in [0.5, 0.6) is 0 Å². The number of carbonyl (C=O) groups is 2. The van der Waals surface area contributed by atoms with Crippen molar-refractivity contribution in [1.29, 1.82) is 0 Å². The van der Waals surface area contributed by atoms with Gasteiger partial charge in [-0.25, -0.2) is 4.39 Å². The van der Waals surface area contributed by atoms with Gasteiger partial charge in [0, 0.05) is 30.2 Å². The smallest absolute Gasteiger partial charge is 0.224 e. The number of halogens is 1. The number of Topliss-reactive ketones (excluding diaryl/α,β-unsaturated/α-hetero) is 1. The van der Waals surface area contributed by atoms with Crippen LogP contribution in [0, 0.1) is 5.82 Å². The van der Waals surface area contributed by atoms with Crippen molar-refractivity contribution in [3.05, 3.63) is 59.7 Å². The Morgan fingerprint density at radius 1 is 1.13 bits per heavy atom. The molecule has 2 rings (SSSR count). The molecule has 0 spiro atoms. The molecule has 1 aromatic heterocycles. The lowest BCUT2D eigenvalue weighted by Crippen LogP contribution is -2.13. The minimum absolute atomic E-state index is 0.129. The molecule has 0 atom stereocenters. The first-order valence-corrected chi connectivity index (χ1v) is 7.22. The van der Waals surface area contributed by atoms with Gasteiger partial charge < -0.3 is 10.4 Å². The lowest BCUT2D eigenvalue weighted by atomic mass is 10.1. The van der Waals surface area contributed by atoms with Gasteiger partial charge in [-0.2, -0.15) is 0 Å². The highest BCUT2D eigenvalue weighted by atomic mass is 19.1. The molecule has 0 fully saturated rings. The summed E-state index contributed by atoms with van der Waals surface area (Å²) in [6.07, 6.45) is 3.76. The van der Waals surface area contributed by atoms with Gasteiger partial charge in [-0.3, -0.25) is 14.6 Å². The Kier molecular flexibility index (Phi) is 5.94. The fourth-order valence-corrected chi connectivity index (χ4v) is 2.08. The summed E-state index contributed by atoms with van der Waals surface area (Å²) in [5, 5.41) is 11.8. The largest absolute Gasteiger partial charge is 0.392 e. The van der Waals surface area contributed by atoms with Crippen molar-refractivity contribution < 1.29 is 19.1 Å². The molecule has 120 valence electrons. The van der Waals surface area contributed by atoms with E-state index in [1.54, 1.807) is 6.07 Å². The van der Waals surface area contributed by atoms with Gasteiger partial charge in [-0.1, -0.05) is 0 Å². The monoisotopic (exact) mass is 316 g/mol. The minimum Gasteiger partial charge on any atom is -0.392 e. The van der Waals surface area contributed by atoms with Crippen LogP contribution in [0.4, 0.5) is 10.1 Å². The first-order valence-electron chi connectivity index (χ1n) is 7.22. The number of rotatable bonds is 7. The van der Waals surface area contributed by atoms with Gasteiger partial charge in [0.05, 0.1) is 18.5 Å². The molecule has 0 saturated heterocycles. The van der Waals surface area contributed by atoms with Crippen LogP contribution in [-0.4, -0.2) is 21.8 Å². The molecule has 0 aliphatic rings. The predicted molar refractivity (Wildman–Crippen MR) is 83.4 cm³/mol. The summed E-state index contributed by atoms with van der Waals surface area (Å²) in [5.74, 6) is -0.771. The number of benzene rings is 1.